The fourth-order valence-electron chi connectivity index (χ4n) is 4.09. The molecule has 0 radical (unpaired) electrons. The van der Waals surface area contributed by atoms with Crippen LogP contribution < -0.4 is 9.64 Å². The van der Waals surface area contributed by atoms with Gasteiger partial charge in [0.2, 0.25) is 9.84 Å². The number of rotatable bonds is 4. The summed E-state index contributed by atoms with van der Waals surface area (Å²) in [6.45, 7) is 3.03. The number of amides is 1. The molecular formula is C22H21Cl3FN3O4S. The summed E-state index contributed by atoms with van der Waals surface area (Å²) in [6, 6.07) is 8.68. The Bertz CT molecular complexity index is 1360. The van der Waals surface area contributed by atoms with Gasteiger partial charge in [-0.15, -0.1) is 0 Å². The number of anilines is 1. The van der Waals surface area contributed by atoms with Gasteiger partial charge in [-0.3, -0.25) is 4.79 Å². The number of hydrogen-bond acceptors (Lipinski definition) is 5. The van der Waals surface area contributed by atoms with Crippen molar-refractivity contribution in [3.8, 4) is 5.75 Å². The van der Waals surface area contributed by atoms with E-state index >= 15 is 0 Å². The third-order valence-electron chi connectivity index (χ3n) is 5.85. The first-order valence-corrected chi connectivity index (χ1v) is 12.9. The summed E-state index contributed by atoms with van der Waals surface area (Å²) in [7, 11) is -2.46. The fourth-order valence-corrected chi connectivity index (χ4v) is 5.95. The molecule has 0 unspecified atom stereocenters. The maximum absolute atomic E-state index is 13.6. The van der Waals surface area contributed by atoms with Crippen molar-refractivity contribution in [3.63, 3.8) is 0 Å². The third kappa shape index (κ3) is 4.54. The number of aryl methyl sites for hydroxylation is 1. The molecule has 2 aromatic carbocycles. The van der Waals surface area contributed by atoms with Crippen LogP contribution >= 0.6 is 34.8 Å². The molecule has 0 spiro atoms. The minimum absolute atomic E-state index is 0.00214. The number of H-pyrrole nitrogens is 1. The Labute approximate surface area is 211 Å². The van der Waals surface area contributed by atoms with Crippen LogP contribution in [0.15, 0.2) is 46.3 Å². The molecule has 34 heavy (non-hydrogen) atoms. The summed E-state index contributed by atoms with van der Waals surface area (Å²) in [5, 5.41) is 0.630. The summed E-state index contributed by atoms with van der Waals surface area (Å²) in [5.41, 5.74) is 1.47. The van der Waals surface area contributed by atoms with Crippen LogP contribution in [0, 0.1) is 12.7 Å². The lowest BCUT2D eigenvalue weighted by molar-refractivity contribution is -0.130. The zero-order valence-electron chi connectivity index (χ0n) is 18.2. The zero-order valence-corrected chi connectivity index (χ0v) is 21.3. The number of alkyl halides is 3. The summed E-state index contributed by atoms with van der Waals surface area (Å²) in [6.07, 6.45) is 0. The first-order chi connectivity index (χ1) is 15.9. The van der Waals surface area contributed by atoms with E-state index in [-0.39, 0.29) is 9.92 Å². The van der Waals surface area contributed by atoms with Gasteiger partial charge in [-0.1, -0.05) is 34.8 Å². The van der Waals surface area contributed by atoms with Gasteiger partial charge in [0.05, 0.1) is 17.7 Å². The summed E-state index contributed by atoms with van der Waals surface area (Å²) in [5.74, 6) is -0.585. The fraction of sp³-hybridized carbons (Fsp3) is 0.318. The molecule has 7 nitrogen and oxygen atoms in total. The molecule has 0 saturated carbocycles. The standard InChI is InChI=1S/C22H21Cl3FN3O4S/c1-13-16-5-3-14(26)11-17(16)27-20(13)34(31,32)15-4-6-19(33-2)18(12-15)28-7-9-29(10-8-28)21(30)22(23,24)25/h3-6,11-12,27H,7-10H2,1-2H3. The van der Waals surface area contributed by atoms with Gasteiger partial charge in [0.25, 0.3) is 9.70 Å². The van der Waals surface area contributed by atoms with Gasteiger partial charge in [-0.2, -0.15) is 0 Å². The Morgan fingerprint density at radius 3 is 2.38 bits per heavy atom. The summed E-state index contributed by atoms with van der Waals surface area (Å²) >= 11 is 17.1. The van der Waals surface area contributed by atoms with Crippen molar-refractivity contribution < 1.29 is 22.3 Å². The van der Waals surface area contributed by atoms with E-state index in [0.717, 1.165) is 0 Å². The van der Waals surface area contributed by atoms with Crippen LogP contribution in [-0.4, -0.2) is 61.3 Å². The number of sulfone groups is 1. The van der Waals surface area contributed by atoms with Crippen molar-refractivity contribution in [2.75, 3.05) is 38.2 Å². The van der Waals surface area contributed by atoms with E-state index in [0.29, 0.717) is 54.1 Å². The first kappa shape index (κ1) is 24.9. The molecule has 1 N–H and O–H groups in total. The van der Waals surface area contributed by atoms with Crippen molar-refractivity contribution in [3.05, 3.63) is 47.8 Å². The number of ether oxygens (including phenoxy) is 1. The smallest absolute Gasteiger partial charge is 0.274 e. The molecule has 182 valence electrons. The summed E-state index contributed by atoms with van der Waals surface area (Å²) < 4.78 is 44.1. The van der Waals surface area contributed by atoms with Crippen LogP contribution in [0.1, 0.15) is 5.56 Å². The lowest BCUT2D eigenvalue weighted by atomic mass is 10.2. The van der Waals surface area contributed by atoms with Gasteiger partial charge in [0.15, 0.2) is 0 Å². The van der Waals surface area contributed by atoms with Crippen LogP contribution in [0.4, 0.5) is 10.1 Å². The van der Waals surface area contributed by atoms with Crippen LogP contribution in [-0.2, 0) is 14.6 Å². The molecule has 12 heteroatoms. The molecule has 4 rings (SSSR count). The number of fused-ring (bicyclic) bond motifs is 1. The van der Waals surface area contributed by atoms with Crippen LogP contribution in [0.2, 0.25) is 0 Å². The predicted molar refractivity (Wildman–Crippen MR) is 131 cm³/mol. The van der Waals surface area contributed by atoms with Gasteiger partial charge in [0, 0.05) is 37.1 Å². The molecule has 1 amide bonds. The van der Waals surface area contributed by atoms with E-state index in [1.54, 1.807) is 19.1 Å². The van der Waals surface area contributed by atoms with Crippen molar-refractivity contribution in [1.82, 2.24) is 9.88 Å². The van der Waals surface area contributed by atoms with Crippen LogP contribution in [0.3, 0.4) is 0 Å². The van der Waals surface area contributed by atoms with Gasteiger partial charge < -0.3 is 19.5 Å². The average molecular weight is 549 g/mol. The maximum Gasteiger partial charge on any atom is 0.274 e. The molecule has 0 aliphatic carbocycles. The zero-order chi connectivity index (χ0) is 24.8. The SMILES string of the molecule is COc1ccc(S(=O)(=O)c2[nH]c3cc(F)ccc3c2C)cc1N1CCN(C(=O)C(Cl)(Cl)Cl)CC1. The number of aromatic nitrogens is 1. The highest BCUT2D eigenvalue weighted by molar-refractivity contribution is 7.91. The van der Waals surface area contributed by atoms with E-state index in [4.69, 9.17) is 39.5 Å². The third-order valence-corrected chi connectivity index (χ3v) is 8.16. The average Bonchev–Trinajstić information content (AvgIpc) is 3.13. The predicted octanol–water partition coefficient (Wildman–Crippen LogP) is 4.48. The Kier molecular flexibility index (Phi) is 6.67. The highest BCUT2D eigenvalue weighted by Gasteiger charge is 2.37. The molecular weight excluding hydrogens is 528 g/mol. The quantitative estimate of drug-likeness (QED) is 0.486. The molecule has 1 fully saturated rings. The largest absolute Gasteiger partial charge is 0.495 e. The number of piperazine rings is 1. The Morgan fingerprint density at radius 2 is 1.76 bits per heavy atom. The number of hydrogen-bond donors (Lipinski definition) is 1. The Hall–Kier alpha value is -2.20. The van der Waals surface area contributed by atoms with Gasteiger partial charge in [-0.05, 0) is 48.9 Å². The second kappa shape index (κ2) is 9.11. The van der Waals surface area contributed by atoms with Crippen LogP contribution in [0.5, 0.6) is 5.75 Å². The van der Waals surface area contributed by atoms with Crippen molar-refractivity contribution in [2.45, 2.75) is 20.6 Å². The highest BCUT2D eigenvalue weighted by atomic mass is 35.6. The van der Waals surface area contributed by atoms with Crippen LogP contribution in [0.25, 0.3) is 10.9 Å². The van der Waals surface area contributed by atoms with Gasteiger partial charge in [-0.25, -0.2) is 12.8 Å². The summed E-state index contributed by atoms with van der Waals surface area (Å²) in [4.78, 5) is 18.5. The number of nitrogens with zero attached hydrogens (tertiary/aromatic N) is 2. The number of carbonyl (C=O) groups excluding carboxylic acids is 1. The highest BCUT2D eigenvalue weighted by Crippen LogP contribution is 2.36. The van der Waals surface area contributed by atoms with E-state index in [2.05, 4.69) is 4.98 Å². The molecule has 1 aliphatic heterocycles. The van der Waals surface area contributed by atoms with E-state index in [9.17, 15) is 17.6 Å². The number of nitrogens with one attached hydrogen (secondary N) is 1. The molecule has 1 aliphatic rings. The normalized spacial score (nSPS) is 15.1. The number of aromatic amines is 1. The minimum atomic E-state index is -3.95. The topological polar surface area (TPSA) is 82.7 Å². The molecule has 3 aromatic rings. The number of halogens is 4. The number of carbonyl (C=O) groups is 1. The second-order valence-electron chi connectivity index (χ2n) is 7.88. The molecule has 1 aromatic heterocycles. The lowest BCUT2D eigenvalue weighted by Gasteiger charge is -2.37. The maximum atomic E-state index is 13.6. The number of methoxy groups -OCH3 is 1. The molecule has 2 heterocycles. The molecule has 0 atom stereocenters. The van der Waals surface area contributed by atoms with Gasteiger partial charge >= 0.3 is 0 Å². The van der Waals surface area contributed by atoms with E-state index < -0.39 is 25.4 Å². The monoisotopic (exact) mass is 547 g/mol. The molecule has 1 saturated heterocycles. The van der Waals surface area contributed by atoms with E-state index in [1.165, 1.54) is 36.3 Å². The van der Waals surface area contributed by atoms with Crippen molar-refractivity contribution in [2.24, 2.45) is 0 Å². The van der Waals surface area contributed by atoms with Crippen molar-refractivity contribution >= 4 is 67.1 Å². The van der Waals surface area contributed by atoms with Gasteiger partial charge in [0.1, 0.15) is 16.6 Å². The second-order valence-corrected chi connectivity index (χ2v) is 12.1. The molecule has 0 bridgehead atoms. The van der Waals surface area contributed by atoms with E-state index in [1.807, 2.05) is 4.90 Å². The first-order valence-electron chi connectivity index (χ1n) is 10.3. The minimum Gasteiger partial charge on any atom is -0.495 e. The Balaban J connectivity index is 1.67. The number of benzene rings is 2. The van der Waals surface area contributed by atoms with Crippen molar-refractivity contribution in [1.29, 1.82) is 0 Å². The Morgan fingerprint density at radius 1 is 1.09 bits per heavy atom. The lowest BCUT2D eigenvalue weighted by Crippen LogP contribution is -2.51.